The summed E-state index contributed by atoms with van der Waals surface area (Å²) in [5.41, 5.74) is -0.0737. The lowest BCUT2D eigenvalue weighted by Gasteiger charge is -2.05. The van der Waals surface area contributed by atoms with Crippen LogP contribution in [0.5, 0.6) is 0 Å². The first-order chi connectivity index (χ1) is 6.57. The van der Waals surface area contributed by atoms with Gasteiger partial charge in [-0.15, -0.1) is 0 Å². The summed E-state index contributed by atoms with van der Waals surface area (Å²) in [7, 11) is 1.61. The molecule has 1 aromatic rings. The molecule has 0 saturated heterocycles. The molecule has 1 rings (SSSR count). The van der Waals surface area contributed by atoms with E-state index in [1.165, 1.54) is 12.1 Å². The van der Waals surface area contributed by atoms with Crippen molar-refractivity contribution in [1.29, 1.82) is 0 Å². The number of halogens is 3. The average Bonchev–Trinajstić information content (AvgIpc) is 2.13. The number of benzene rings is 1. The van der Waals surface area contributed by atoms with Crippen molar-refractivity contribution >= 4 is 33.3 Å². The molecule has 0 heterocycles. The Kier molecular flexibility index (Phi) is 4.04. The van der Waals surface area contributed by atoms with Crippen LogP contribution in [0.25, 0.3) is 0 Å². The smallest absolute Gasteiger partial charge is 0.181 e. The third kappa shape index (κ3) is 2.32. The summed E-state index contributed by atoms with van der Waals surface area (Å²) in [6.07, 6.45) is 0. The Morgan fingerprint density at radius 2 is 2.29 bits per heavy atom. The summed E-state index contributed by atoms with van der Waals surface area (Å²) >= 11 is 8.92. The third-order valence-electron chi connectivity index (χ3n) is 1.66. The molecule has 5 heteroatoms. The normalized spacial score (nSPS) is 10.3. The number of carbonyl (C=O) groups excluding carboxylic acids is 1. The Bertz CT molecular complexity index is 370. The predicted octanol–water partition coefficient (Wildman–Crippen LogP) is 2.64. The molecule has 0 aliphatic rings. The lowest BCUT2D eigenvalue weighted by atomic mass is 10.1. The highest BCUT2D eigenvalue weighted by atomic mass is 79.9. The van der Waals surface area contributed by atoms with Gasteiger partial charge in [0.05, 0.1) is 17.1 Å². The molecule has 76 valence electrons. The van der Waals surface area contributed by atoms with Crippen molar-refractivity contribution < 1.29 is 9.18 Å². The van der Waals surface area contributed by atoms with Gasteiger partial charge < -0.3 is 5.32 Å². The number of hydrogen-bond acceptors (Lipinski definition) is 2. The van der Waals surface area contributed by atoms with Crippen LogP contribution in [0.4, 0.5) is 4.39 Å². The van der Waals surface area contributed by atoms with Gasteiger partial charge in [-0.3, -0.25) is 4.79 Å². The predicted molar refractivity (Wildman–Crippen MR) is 57.4 cm³/mol. The first-order valence-corrected chi connectivity index (χ1v) is 5.06. The van der Waals surface area contributed by atoms with Crippen molar-refractivity contribution in [3.63, 3.8) is 0 Å². The Hall–Kier alpha value is -0.450. The van der Waals surface area contributed by atoms with Crippen LogP contribution >= 0.6 is 27.5 Å². The fourth-order valence-corrected chi connectivity index (χ4v) is 1.62. The highest BCUT2D eigenvalue weighted by molar-refractivity contribution is 9.10. The van der Waals surface area contributed by atoms with Crippen LogP contribution < -0.4 is 5.32 Å². The first kappa shape index (κ1) is 11.6. The van der Waals surface area contributed by atoms with Crippen LogP contribution in [-0.4, -0.2) is 19.4 Å². The van der Waals surface area contributed by atoms with Crippen molar-refractivity contribution in [2.45, 2.75) is 0 Å². The van der Waals surface area contributed by atoms with Crippen LogP contribution in [0.15, 0.2) is 16.6 Å². The molecule has 0 spiro atoms. The molecule has 0 aliphatic carbocycles. The van der Waals surface area contributed by atoms with Gasteiger partial charge in [0.15, 0.2) is 5.78 Å². The fraction of sp³-hybridized carbons (Fsp3) is 0.222. The summed E-state index contributed by atoms with van der Waals surface area (Å²) in [6.45, 7) is 0.0626. The van der Waals surface area contributed by atoms with Crippen LogP contribution in [-0.2, 0) is 0 Å². The zero-order chi connectivity index (χ0) is 10.7. The van der Waals surface area contributed by atoms with Gasteiger partial charge in [0.25, 0.3) is 0 Å². The van der Waals surface area contributed by atoms with E-state index in [0.29, 0.717) is 4.47 Å². The van der Waals surface area contributed by atoms with Gasteiger partial charge in [-0.05, 0) is 35.1 Å². The minimum atomic E-state index is -0.599. The van der Waals surface area contributed by atoms with Gasteiger partial charge in [0.1, 0.15) is 5.82 Å². The maximum atomic E-state index is 13.3. The zero-order valence-electron chi connectivity index (χ0n) is 7.40. The number of likely N-dealkylation sites (N-methyl/N-ethyl adjacent to an activating group) is 1. The van der Waals surface area contributed by atoms with Crippen LogP contribution in [0.1, 0.15) is 10.4 Å². The van der Waals surface area contributed by atoms with E-state index in [9.17, 15) is 9.18 Å². The molecule has 14 heavy (non-hydrogen) atoms. The van der Waals surface area contributed by atoms with Crippen molar-refractivity contribution in [3.8, 4) is 0 Å². The van der Waals surface area contributed by atoms with E-state index in [2.05, 4.69) is 21.2 Å². The van der Waals surface area contributed by atoms with Crippen LogP contribution in [0, 0.1) is 5.82 Å². The van der Waals surface area contributed by atoms with E-state index in [0.717, 1.165) is 0 Å². The first-order valence-electron chi connectivity index (χ1n) is 3.89. The Labute approximate surface area is 94.6 Å². The van der Waals surface area contributed by atoms with Crippen LogP contribution in [0.2, 0.25) is 5.02 Å². The number of hydrogen-bond donors (Lipinski definition) is 1. The quantitative estimate of drug-likeness (QED) is 0.681. The van der Waals surface area contributed by atoms with Gasteiger partial charge in [0, 0.05) is 4.47 Å². The van der Waals surface area contributed by atoms with Gasteiger partial charge in [-0.25, -0.2) is 4.39 Å². The molecule has 0 radical (unpaired) electrons. The van der Waals surface area contributed by atoms with Crippen molar-refractivity contribution in [1.82, 2.24) is 5.32 Å². The fourth-order valence-electron chi connectivity index (χ4n) is 1.03. The van der Waals surface area contributed by atoms with E-state index in [4.69, 9.17) is 11.6 Å². The molecule has 1 aromatic carbocycles. The molecule has 0 unspecified atom stereocenters. The molecule has 0 aromatic heterocycles. The molecule has 0 amide bonds. The summed E-state index contributed by atoms with van der Waals surface area (Å²) < 4.78 is 13.8. The van der Waals surface area contributed by atoms with E-state index in [-0.39, 0.29) is 22.9 Å². The highest BCUT2D eigenvalue weighted by Gasteiger charge is 2.17. The Balaban J connectivity index is 3.18. The third-order valence-corrected chi connectivity index (χ3v) is 2.94. The second-order valence-corrected chi connectivity index (χ2v) is 3.90. The summed E-state index contributed by atoms with van der Waals surface area (Å²) in [4.78, 5) is 11.4. The monoisotopic (exact) mass is 279 g/mol. The molecular formula is C9H8BrClFNO. The number of nitrogens with one attached hydrogen (secondary N) is 1. The molecule has 0 atom stereocenters. The van der Waals surface area contributed by atoms with Crippen LogP contribution in [0.3, 0.4) is 0 Å². The molecule has 0 bridgehead atoms. The number of rotatable bonds is 3. The maximum Gasteiger partial charge on any atom is 0.181 e. The molecule has 1 N–H and O–H groups in total. The number of Topliss-reactive ketones (excluding diaryl/α,β-unsaturated/α-hetero) is 1. The second-order valence-electron chi connectivity index (χ2n) is 2.67. The summed E-state index contributed by atoms with van der Waals surface area (Å²) in [5.74, 6) is -0.963. The Morgan fingerprint density at radius 1 is 1.64 bits per heavy atom. The lowest BCUT2D eigenvalue weighted by Crippen LogP contribution is -2.20. The van der Waals surface area contributed by atoms with Crippen molar-refractivity contribution in [2.75, 3.05) is 13.6 Å². The van der Waals surface area contributed by atoms with Gasteiger partial charge in [0.2, 0.25) is 0 Å². The largest absolute Gasteiger partial charge is 0.313 e. The maximum absolute atomic E-state index is 13.3. The number of carbonyl (C=O) groups is 1. The zero-order valence-corrected chi connectivity index (χ0v) is 9.75. The standard InChI is InChI=1S/C9H8BrClFNO/c1-13-4-7(14)8-6(12)3-2-5(10)9(8)11/h2-3,13H,4H2,1H3. The van der Waals surface area contributed by atoms with Gasteiger partial charge in [-0.2, -0.15) is 0 Å². The van der Waals surface area contributed by atoms with E-state index >= 15 is 0 Å². The van der Waals surface area contributed by atoms with E-state index in [1.807, 2.05) is 0 Å². The molecule has 0 saturated carbocycles. The van der Waals surface area contributed by atoms with Crippen molar-refractivity contribution in [2.24, 2.45) is 0 Å². The van der Waals surface area contributed by atoms with E-state index < -0.39 is 5.82 Å². The SMILES string of the molecule is CNCC(=O)c1c(F)ccc(Br)c1Cl. The molecule has 0 fully saturated rings. The minimum absolute atomic E-state index is 0.0626. The molecular weight excluding hydrogens is 272 g/mol. The Morgan fingerprint density at radius 3 is 2.86 bits per heavy atom. The van der Waals surface area contributed by atoms with Crippen molar-refractivity contribution in [3.05, 3.63) is 33.0 Å². The second kappa shape index (κ2) is 4.87. The highest BCUT2D eigenvalue weighted by Crippen LogP contribution is 2.28. The minimum Gasteiger partial charge on any atom is -0.313 e. The molecule has 2 nitrogen and oxygen atoms in total. The number of ketones is 1. The van der Waals surface area contributed by atoms with E-state index in [1.54, 1.807) is 7.05 Å². The topological polar surface area (TPSA) is 29.1 Å². The lowest BCUT2D eigenvalue weighted by molar-refractivity contribution is 0.0990. The molecule has 0 aliphatic heterocycles. The summed E-state index contributed by atoms with van der Waals surface area (Å²) in [6, 6.07) is 2.67. The van der Waals surface area contributed by atoms with Gasteiger partial charge in [-0.1, -0.05) is 11.6 Å². The van der Waals surface area contributed by atoms with Gasteiger partial charge >= 0.3 is 0 Å². The summed E-state index contributed by atoms with van der Waals surface area (Å²) in [5, 5.41) is 2.77. The average molecular weight is 281 g/mol.